The summed E-state index contributed by atoms with van der Waals surface area (Å²) in [5, 5.41) is 4.63. The summed E-state index contributed by atoms with van der Waals surface area (Å²) in [5.41, 5.74) is 0.800. The van der Waals surface area contributed by atoms with Crippen LogP contribution in [-0.4, -0.2) is 63.1 Å². The first-order valence-electron chi connectivity index (χ1n) is 12.4. The van der Waals surface area contributed by atoms with Crippen LogP contribution in [0.25, 0.3) is 5.57 Å². The van der Waals surface area contributed by atoms with Gasteiger partial charge in [0.25, 0.3) is 5.56 Å². The number of benzene rings is 1. The highest BCUT2D eigenvalue weighted by Crippen LogP contribution is 2.31. The van der Waals surface area contributed by atoms with E-state index in [9.17, 15) is 14.0 Å². The molecule has 36 heavy (non-hydrogen) atoms. The molecule has 8 heteroatoms. The molecule has 1 fully saturated rings. The molecule has 0 N–H and O–H groups in total. The molecule has 2 aromatic rings. The Kier molecular flexibility index (Phi) is 7.45. The lowest BCUT2D eigenvalue weighted by Gasteiger charge is -2.35. The third-order valence-electron chi connectivity index (χ3n) is 6.25. The van der Waals surface area contributed by atoms with Crippen molar-refractivity contribution in [3.05, 3.63) is 81.8 Å². The molecule has 0 radical (unpaired) electrons. The summed E-state index contributed by atoms with van der Waals surface area (Å²) in [5.74, 6) is 0. The van der Waals surface area contributed by atoms with Crippen LogP contribution in [0.5, 0.6) is 0 Å². The highest BCUT2D eigenvalue weighted by atomic mass is 19.1. The fraction of sp³-hybridized carbons (Fsp3) is 0.464. The molecule has 7 nitrogen and oxygen atoms in total. The van der Waals surface area contributed by atoms with Crippen LogP contribution < -0.4 is 5.56 Å². The summed E-state index contributed by atoms with van der Waals surface area (Å²) in [4.78, 5) is 29.7. The number of allylic oxidation sites excluding steroid dienone is 4. The predicted molar refractivity (Wildman–Crippen MR) is 138 cm³/mol. The van der Waals surface area contributed by atoms with E-state index in [1.54, 1.807) is 30.0 Å². The first-order valence-corrected chi connectivity index (χ1v) is 12.4. The molecule has 1 amide bonds. The molecule has 0 bridgehead atoms. The number of rotatable bonds is 5. The fourth-order valence-electron chi connectivity index (χ4n) is 4.42. The zero-order valence-corrected chi connectivity index (χ0v) is 21.5. The zero-order chi connectivity index (χ0) is 25.9. The van der Waals surface area contributed by atoms with Crippen LogP contribution in [0, 0.1) is 0 Å². The van der Waals surface area contributed by atoms with Crippen molar-refractivity contribution in [1.82, 2.24) is 19.6 Å². The Hall–Kier alpha value is -3.26. The molecule has 2 heterocycles. The second kappa shape index (κ2) is 10.4. The summed E-state index contributed by atoms with van der Waals surface area (Å²) in [6.45, 7) is 10.2. The van der Waals surface area contributed by atoms with Gasteiger partial charge in [-0.15, -0.1) is 0 Å². The van der Waals surface area contributed by atoms with Crippen LogP contribution >= 0.6 is 0 Å². The Balaban J connectivity index is 1.55. The smallest absolute Gasteiger partial charge is 0.410 e. The van der Waals surface area contributed by atoms with Crippen LogP contribution in [0.4, 0.5) is 9.18 Å². The minimum atomic E-state index is -1.45. The first kappa shape index (κ1) is 25.8. The SMILES string of the molecule is CC1(F)C=CC=C(c2cc(CN3CCN(C(=O)OC(C)(C)C)CC3)c(=O)n(Cc3ccccc3)n2)C1. The van der Waals surface area contributed by atoms with Gasteiger partial charge in [-0.05, 0) is 51.0 Å². The number of carbonyl (C=O) groups excluding carboxylic acids is 1. The molecule has 192 valence electrons. The first-order chi connectivity index (χ1) is 17.0. The lowest BCUT2D eigenvalue weighted by Crippen LogP contribution is -2.50. The summed E-state index contributed by atoms with van der Waals surface area (Å²) in [7, 11) is 0. The average molecular weight is 495 g/mol. The van der Waals surface area contributed by atoms with Crippen LogP contribution in [0.3, 0.4) is 0 Å². The predicted octanol–water partition coefficient (Wildman–Crippen LogP) is 4.42. The monoisotopic (exact) mass is 494 g/mol. The van der Waals surface area contributed by atoms with Gasteiger partial charge >= 0.3 is 6.09 Å². The molecule has 1 aromatic carbocycles. The van der Waals surface area contributed by atoms with E-state index in [1.165, 1.54) is 4.68 Å². The van der Waals surface area contributed by atoms with Crippen molar-refractivity contribution in [2.45, 2.75) is 58.5 Å². The van der Waals surface area contributed by atoms with Gasteiger partial charge < -0.3 is 9.64 Å². The molecule has 1 saturated heterocycles. The minimum absolute atomic E-state index is 0.160. The van der Waals surface area contributed by atoms with Crippen LogP contribution in [0.15, 0.2) is 59.4 Å². The molecule has 1 aliphatic carbocycles. The van der Waals surface area contributed by atoms with Crippen LogP contribution in [-0.2, 0) is 17.8 Å². The van der Waals surface area contributed by atoms with Crippen molar-refractivity contribution in [3.63, 3.8) is 0 Å². The molecule has 1 atom stereocenters. The standard InChI is InChI=1S/C28H35FN4O3/c1-27(2,3)36-26(35)32-15-13-31(14-16-32)20-23-17-24(22-11-8-12-28(4,29)18-22)30-33(25(23)34)19-21-9-6-5-7-10-21/h5-12,17H,13-16,18-20H2,1-4H3. The Morgan fingerprint density at radius 1 is 1.11 bits per heavy atom. The van der Waals surface area contributed by atoms with E-state index in [1.807, 2.05) is 57.2 Å². The molecule has 4 rings (SSSR count). The van der Waals surface area contributed by atoms with E-state index >= 15 is 0 Å². The Labute approximate surface area is 211 Å². The van der Waals surface area contributed by atoms with E-state index in [-0.39, 0.29) is 18.1 Å². The average Bonchev–Trinajstić information content (AvgIpc) is 2.81. The van der Waals surface area contributed by atoms with Crippen molar-refractivity contribution in [3.8, 4) is 0 Å². The summed E-state index contributed by atoms with van der Waals surface area (Å²) in [6.07, 6.45) is 5.01. The lowest BCUT2D eigenvalue weighted by molar-refractivity contribution is 0.0138. The molecule has 1 aliphatic heterocycles. The molecule has 0 saturated carbocycles. The number of halogens is 1. The van der Waals surface area contributed by atoms with Crippen LogP contribution in [0.1, 0.15) is 50.9 Å². The Morgan fingerprint density at radius 3 is 2.44 bits per heavy atom. The van der Waals surface area contributed by atoms with E-state index in [4.69, 9.17) is 4.74 Å². The fourth-order valence-corrected chi connectivity index (χ4v) is 4.42. The Morgan fingerprint density at radius 2 is 1.81 bits per heavy atom. The number of hydrogen-bond donors (Lipinski definition) is 0. The summed E-state index contributed by atoms with van der Waals surface area (Å²) < 4.78 is 21.7. The maximum absolute atomic E-state index is 14.7. The maximum atomic E-state index is 14.7. The molecular weight excluding hydrogens is 459 g/mol. The number of amides is 1. The molecule has 0 spiro atoms. The highest BCUT2D eigenvalue weighted by Gasteiger charge is 2.28. The number of ether oxygens (including phenoxy) is 1. The molecule has 1 aromatic heterocycles. The van der Waals surface area contributed by atoms with Gasteiger partial charge in [0, 0.05) is 44.7 Å². The number of alkyl halides is 1. The van der Waals surface area contributed by atoms with Gasteiger partial charge in [0.05, 0.1) is 12.2 Å². The van der Waals surface area contributed by atoms with Crippen molar-refractivity contribution < 1.29 is 13.9 Å². The number of nitrogens with zero attached hydrogens (tertiary/aromatic N) is 4. The van der Waals surface area contributed by atoms with E-state index in [0.717, 1.165) is 11.1 Å². The van der Waals surface area contributed by atoms with Gasteiger partial charge in [-0.3, -0.25) is 9.69 Å². The van der Waals surface area contributed by atoms with E-state index in [0.29, 0.717) is 50.5 Å². The topological polar surface area (TPSA) is 67.7 Å². The third kappa shape index (κ3) is 6.69. The lowest BCUT2D eigenvalue weighted by atomic mass is 9.91. The van der Waals surface area contributed by atoms with Gasteiger partial charge in [-0.1, -0.05) is 42.5 Å². The van der Waals surface area contributed by atoms with Crippen molar-refractivity contribution >= 4 is 11.7 Å². The minimum Gasteiger partial charge on any atom is -0.444 e. The van der Waals surface area contributed by atoms with Gasteiger partial charge in [-0.2, -0.15) is 5.10 Å². The second-order valence-corrected chi connectivity index (χ2v) is 10.8. The zero-order valence-electron chi connectivity index (χ0n) is 21.5. The third-order valence-corrected chi connectivity index (χ3v) is 6.25. The number of aromatic nitrogens is 2. The van der Waals surface area contributed by atoms with Crippen molar-refractivity contribution in [2.24, 2.45) is 0 Å². The number of hydrogen-bond acceptors (Lipinski definition) is 5. The van der Waals surface area contributed by atoms with Gasteiger partial charge in [0.1, 0.15) is 11.3 Å². The maximum Gasteiger partial charge on any atom is 0.410 e. The largest absolute Gasteiger partial charge is 0.444 e. The van der Waals surface area contributed by atoms with E-state index in [2.05, 4.69) is 10.00 Å². The normalized spacial score (nSPS) is 20.8. The summed E-state index contributed by atoms with van der Waals surface area (Å²) >= 11 is 0. The molecule has 1 unspecified atom stereocenters. The molecule has 2 aliphatic rings. The number of piperazine rings is 1. The van der Waals surface area contributed by atoms with Gasteiger partial charge in [-0.25, -0.2) is 13.9 Å². The van der Waals surface area contributed by atoms with Crippen LogP contribution in [0.2, 0.25) is 0 Å². The van der Waals surface area contributed by atoms with Crippen molar-refractivity contribution in [1.29, 1.82) is 0 Å². The van der Waals surface area contributed by atoms with Crippen molar-refractivity contribution in [2.75, 3.05) is 26.2 Å². The quantitative estimate of drug-likeness (QED) is 0.616. The second-order valence-electron chi connectivity index (χ2n) is 10.8. The molecular formula is C28H35FN4O3. The van der Waals surface area contributed by atoms with Gasteiger partial charge in [0.2, 0.25) is 0 Å². The summed E-state index contributed by atoms with van der Waals surface area (Å²) in [6, 6.07) is 11.5. The highest BCUT2D eigenvalue weighted by molar-refractivity contribution is 5.68. The van der Waals surface area contributed by atoms with Gasteiger partial charge in [0.15, 0.2) is 0 Å². The Bertz CT molecular complexity index is 1200. The number of carbonyl (C=O) groups is 1. The van der Waals surface area contributed by atoms with E-state index < -0.39 is 11.3 Å².